The van der Waals surface area contributed by atoms with E-state index in [1.807, 2.05) is 0 Å². The Labute approximate surface area is 155 Å². The Morgan fingerprint density at radius 3 is 2.56 bits per heavy atom. The highest BCUT2D eigenvalue weighted by Crippen LogP contribution is 2.31. The van der Waals surface area contributed by atoms with Crippen LogP contribution in [0.15, 0.2) is 29.1 Å². The number of Topliss-reactive ketones (excluding diaryl/α,β-unsaturated/α-hetero) is 1. The average molecular weight is 377 g/mol. The largest absolute Gasteiger partial charge is 0.501 e. The van der Waals surface area contributed by atoms with Gasteiger partial charge in [0.1, 0.15) is 17.8 Å². The van der Waals surface area contributed by atoms with Crippen LogP contribution in [0.2, 0.25) is 0 Å². The van der Waals surface area contributed by atoms with Gasteiger partial charge in [-0.3, -0.25) is 19.1 Å². The van der Waals surface area contributed by atoms with Crippen molar-refractivity contribution in [3.63, 3.8) is 0 Å². The number of carbonyl (C=O) groups excluding carboxylic acids is 1. The molecule has 8 heteroatoms. The third-order valence-electron chi connectivity index (χ3n) is 4.91. The van der Waals surface area contributed by atoms with Crippen molar-refractivity contribution >= 4 is 5.78 Å². The quantitative estimate of drug-likeness (QED) is 0.809. The van der Waals surface area contributed by atoms with Gasteiger partial charge in [0.15, 0.2) is 11.5 Å². The summed E-state index contributed by atoms with van der Waals surface area (Å²) in [5.74, 6) is -1.31. The lowest BCUT2D eigenvalue weighted by Crippen LogP contribution is -2.30. The number of ketones is 1. The fraction of sp³-hybridized carbons (Fsp3) is 0.421. The van der Waals surface area contributed by atoms with Crippen molar-refractivity contribution in [2.45, 2.75) is 31.5 Å². The maximum absolute atomic E-state index is 13.7. The Hall–Kier alpha value is -2.61. The van der Waals surface area contributed by atoms with Crippen molar-refractivity contribution < 1.29 is 18.7 Å². The fourth-order valence-electron chi connectivity index (χ4n) is 3.37. The summed E-state index contributed by atoms with van der Waals surface area (Å²) >= 11 is 0. The molecule has 0 unspecified atom stereocenters. The molecule has 144 valence electrons. The molecule has 1 aliphatic heterocycles. The number of alkyl halides is 1. The van der Waals surface area contributed by atoms with Crippen LogP contribution in [0, 0.1) is 5.82 Å². The minimum Gasteiger partial charge on any atom is -0.501 e. The number of hydrogen-bond donors (Lipinski definition) is 1. The maximum Gasteiger partial charge on any atom is 0.296 e. The van der Waals surface area contributed by atoms with E-state index in [-0.39, 0.29) is 36.7 Å². The molecule has 2 heterocycles. The van der Waals surface area contributed by atoms with Gasteiger partial charge in [-0.15, -0.1) is 0 Å². The molecule has 2 atom stereocenters. The van der Waals surface area contributed by atoms with Gasteiger partial charge in [-0.05, 0) is 31.2 Å². The fourth-order valence-corrected chi connectivity index (χ4v) is 3.37. The van der Waals surface area contributed by atoms with Crippen LogP contribution in [-0.2, 0) is 13.5 Å². The Morgan fingerprint density at radius 2 is 1.96 bits per heavy atom. The number of nitrogens with zero attached hydrogens (tertiary/aromatic N) is 3. The smallest absolute Gasteiger partial charge is 0.296 e. The van der Waals surface area contributed by atoms with Crippen molar-refractivity contribution in [3.05, 3.63) is 57.5 Å². The van der Waals surface area contributed by atoms with E-state index in [0.717, 1.165) is 10.1 Å². The van der Waals surface area contributed by atoms with E-state index in [9.17, 15) is 23.5 Å². The molecule has 0 bridgehead atoms. The molecule has 1 saturated heterocycles. The first-order chi connectivity index (χ1) is 12.8. The van der Waals surface area contributed by atoms with Crippen LogP contribution in [0.3, 0.4) is 0 Å². The second kappa shape index (κ2) is 7.56. The maximum atomic E-state index is 13.7. The summed E-state index contributed by atoms with van der Waals surface area (Å²) in [5, 5.41) is 10.1. The van der Waals surface area contributed by atoms with Crippen molar-refractivity contribution in [2.75, 3.05) is 13.6 Å². The SMILES string of the molecule is CN1C[C@@H](F)C[C@H]1c1nc(C(=O)CCc2ccc(F)cc2)c(O)c(=O)n1C. The molecular weight excluding hydrogens is 356 g/mol. The molecule has 0 radical (unpaired) electrons. The minimum absolute atomic E-state index is 0.00500. The topological polar surface area (TPSA) is 75.4 Å². The summed E-state index contributed by atoms with van der Waals surface area (Å²) in [6.45, 7) is 0.218. The number of aryl methyl sites for hydroxylation is 1. The zero-order chi connectivity index (χ0) is 19.7. The molecule has 27 heavy (non-hydrogen) atoms. The number of likely N-dealkylation sites (tertiary alicyclic amines) is 1. The van der Waals surface area contributed by atoms with Gasteiger partial charge >= 0.3 is 0 Å². The molecule has 1 fully saturated rings. The van der Waals surface area contributed by atoms with Gasteiger partial charge in [0.2, 0.25) is 5.75 Å². The number of aromatic nitrogens is 2. The van der Waals surface area contributed by atoms with Gasteiger partial charge in [0.25, 0.3) is 5.56 Å². The lowest BCUT2D eigenvalue weighted by Gasteiger charge is -2.21. The molecule has 1 aromatic carbocycles. The van der Waals surface area contributed by atoms with Crippen LogP contribution in [0.5, 0.6) is 5.75 Å². The third kappa shape index (κ3) is 3.90. The normalized spacial score (nSPS) is 20.1. The average Bonchev–Trinajstić information content (AvgIpc) is 2.97. The zero-order valence-electron chi connectivity index (χ0n) is 15.2. The first-order valence-electron chi connectivity index (χ1n) is 8.69. The van der Waals surface area contributed by atoms with Crippen LogP contribution in [0.25, 0.3) is 0 Å². The molecule has 2 aromatic rings. The molecule has 0 spiro atoms. The van der Waals surface area contributed by atoms with Crippen LogP contribution in [0.4, 0.5) is 8.78 Å². The van der Waals surface area contributed by atoms with E-state index in [2.05, 4.69) is 4.98 Å². The van der Waals surface area contributed by atoms with E-state index >= 15 is 0 Å². The second-order valence-corrected chi connectivity index (χ2v) is 6.87. The summed E-state index contributed by atoms with van der Waals surface area (Å²) < 4.78 is 27.8. The summed E-state index contributed by atoms with van der Waals surface area (Å²) in [6.07, 6.45) is -0.542. The van der Waals surface area contributed by atoms with Gasteiger partial charge in [0, 0.05) is 26.4 Å². The van der Waals surface area contributed by atoms with Crippen molar-refractivity contribution in [2.24, 2.45) is 7.05 Å². The third-order valence-corrected chi connectivity index (χ3v) is 4.91. The molecule has 1 N–H and O–H groups in total. The number of rotatable bonds is 5. The number of hydrogen-bond acceptors (Lipinski definition) is 5. The lowest BCUT2D eigenvalue weighted by atomic mass is 10.1. The van der Waals surface area contributed by atoms with Gasteiger partial charge in [-0.1, -0.05) is 12.1 Å². The van der Waals surface area contributed by atoms with Crippen molar-refractivity contribution in [1.82, 2.24) is 14.5 Å². The van der Waals surface area contributed by atoms with Crippen LogP contribution in [-0.4, -0.2) is 45.1 Å². The lowest BCUT2D eigenvalue weighted by molar-refractivity contribution is 0.0973. The summed E-state index contributed by atoms with van der Waals surface area (Å²) in [4.78, 5) is 30.8. The number of halogens is 2. The van der Waals surface area contributed by atoms with E-state index in [4.69, 9.17) is 0 Å². The van der Waals surface area contributed by atoms with Gasteiger partial charge < -0.3 is 5.11 Å². The molecule has 1 aromatic heterocycles. The van der Waals surface area contributed by atoms with E-state index in [1.165, 1.54) is 19.2 Å². The molecular formula is C19H21F2N3O3. The highest BCUT2D eigenvalue weighted by atomic mass is 19.1. The molecule has 1 aliphatic rings. The first-order valence-corrected chi connectivity index (χ1v) is 8.69. The molecule has 6 nitrogen and oxygen atoms in total. The minimum atomic E-state index is -1.04. The van der Waals surface area contributed by atoms with Crippen LogP contribution >= 0.6 is 0 Å². The second-order valence-electron chi connectivity index (χ2n) is 6.87. The first kappa shape index (κ1) is 19.2. The van der Waals surface area contributed by atoms with Gasteiger partial charge in [-0.2, -0.15) is 0 Å². The van der Waals surface area contributed by atoms with Crippen LogP contribution in [0.1, 0.15) is 40.8 Å². The van der Waals surface area contributed by atoms with Crippen molar-refractivity contribution in [1.29, 1.82) is 0 Å². The number of aromatic hydroxyl groups is 1. The summed E-state index contributed by atoms with van der Waals surface area (Å²) in [5.41, 5.74) is -0.282. The zero-order valence-corrected chi connectivity index (χ0v) is 15.2. The predicted octanol–water partition coefficient (Wildman–Crippen LogP) is 2.16. The Balaban J connectivity index is 1.87. The van der Waals surface area contributed by atoms with Crippen molar-refractivity contribution in [3.8, 4) is 5.75 Å². The van der Waals surface area contributed by atoms with Crippen LogP contribution < -0.4 is 5.56 Å². The molecule has 0 saturated carbocycles. The van der Waals surface area contributed by atoms with Gasteiger partial charge in [-0.25, -0.2) is 13.8 Å². The molecule has 3 rings (SSSR count). The number of benzene rings is 1. The van der Waals surface area contributed by atoms with E-state index in [0.29, 0.717) is 6.42 Å². The Kier molecular flexibility index (Phi) is 5.36. The highest BCUT2D eigenvalue weighted by Gasteiger charge is 2.34. The Morgan fingerprint density at radius 1 is 1.30 bits per heavy atom. The highest BCUT2D eigenvalue weighted by molar-refractivity contribution is 5.96. The van der Waals surface area contributed by atoms with E-state index in [1.54, 1.807) is 24.1 Å². The predicted molar refractivity (Wildman–Crippen MR) is 95.1 cm³/mol. The monoisotopic (exact) mass is 377 g/mol. The summed E-state index contributed by atoms with van der Waals surface area (Å²) in [7, 11) is 3.16. The standard InChI is InChI=1S/C19H21F2N3O3/c1-23-10-13(21)9-14(23)18-22-16(17(26)19(27)24(18)2)15(25)8-5-11-3-6-12(20)7-4-11/h3-4,6-7,13-14,26H,5,8-10H2,1-2H3/t13-,14-/m0/s1. The summed E-state index contributed by atoms with van der Waals surface area (Å²) in [6, 6.07) is 5.30. The van der Waals surface area contributed by atoms with E-state index < -0.39 is 29.3 Å². The molecule has 0 amide bonds. The Bertz CT molecular complexity index is 912. The van der Waals surface area contributed by atoms with Gasteiger partial charge in [0.05, 0.1) is 6.04 Å². The molecule has 0 aliphatic carbocycles. The number of carbonyl (C=O) groups is 1.